The lowest BCUT2D eigenvalue weighted by atomic mass is 10.2. The second-order valence-corrected chi connectivity index (χ2v) is 6.57. The number of aromatic nitrogens is 3. The van der Waals surface area contributed by atoms with E-state index in [9.17, 15) is 4.79 Å². The summed E-state index contributed by atoms with van der Waals surface area (Å²) in [4.78, 5) is 29.7. The van der Waals surface area contributed by atoms with Gasteiger partial charge >= 0.3 is 5.97 Å². The third-order valence-electron chi connectivity index (χ3n) is 4.99. The number of esters is 1. The first-order chi connectivity index (χ1) is 12.7. The van der Waals surface area contributed by atoms with Crippen molar-refractivity contribution in [3.8, 4) is 0 Å². The molecule has 2 aromatic heterocycles. The van der Waals surface area contributed by atoms with Gasteiger partial charge in [0.2, 0.25) is 5.95 Å². The SMILES string of the molecule is CCOC(=O)c1cnc(N2C3CCC2CN(c2ccccn2)C3)nc1N. The molecule has 2 N–H and O–H groups in total. The molecule has 8 heteroatoms. The van der Waals surface area contributed by atoms with Crippen LogP contribution in [0.2, 0.25) is 0 Å². The van der Waals surface area contributed by atoms with Gasteiger partial charge in [0, 0.05) is 37.6 Å². The molecule has 2 aliphatic rings. The van der Waals surface area contributed by atoms with Gasteiger partial charge in [-0.25, -0.2) is 14.8 Å². The van der Waals surface area contributed by atoms with Crippen LogP contribution in [0.1, 0.15) is 30.1 Å². The van der Waals surface area contributed by atoms with Crippen LogP contribution < -0.4 is 15.5 Å². The van der Waals surface area contributed by atoms with Crippen LogP contribution in [0, 0.1) is 0 Å². The lowest BCUT2D eigenvalue weighted by molar-refractivity contribution is 0.0527. The number of fused-ring (bicyclic) bond motifs is 2. The number of nitrogens with two attached hydrogens (primary N) is 1. The number of piperazine rings is 1. The van der Waals surface area contributed by atoms with Gasteiger partial charge in [0.15, 0.2) is 0 Å². The van der Waals surface area contributed by atoms with Crippen molar-refractivity contribution in [1.29, 1.82) is 0 Å². The summed E-state index contributed by atoms with van der Waals surface area (Å²) < 4.78 is 4.99. The van der Waals surface area contributed by atoms with Crippen LogP contribution in [0.25, 0.3) is 0 Å². The maximum Gasteiger partial charge on any atom is 0.343 e. The number of nitrogens with zero attached hydrogens (tertiary/aromatic N) is 5. The molecule has 2 aromatic rings. The molecule has 0 spiro atoms. The van der Waals surface area contributed by atoms with Crippen LogP contribution in [-0.2, 0) is 4.74 Å². The van der Waals surface area contributed by atoms with Crippen molar-refractivity contribution >= 4 is 23.6 Å². The van der Waals surface area contributed by atoms with Crippen molar-refractivity contribution in [3.63, 3.8) is 0 Å². The standard InChI is InChI=1S/C18H22N6O2/c1-2-26-17(25)14-9-21-18(22-16(14)19)24-12-6-7-13(24)11-23(10-12)15-5-3-4-8-20-15/h3-5,8-9,12-13H,2,6-7,10-11H2,1H3,(H2,19,21,22). The van der Waals surface area contributed by atoms with Crippen molar-refractivity contribution in [1.82, 2.24) is 15.0 Å². The molecule has 0 saturated carbocycles. The van der Waals surface area contributed by atoms with Gasteiger partial charge in [-0.05, 0) is 31.9 Å². The van der Waals surface area contributed by atoms with Crippen molar-refractivity contribution < 1.29 is 9.53 Å². The van der Waals surface area contributed by atoms with Gasteiger partial charge in [-0.2, -0.15) is 4.98 Å². The molecule has 2 saturated heterocycles. The molecule has 0 amide bonds. The van der Waals surface area contributed by atoms with Crippen LogP contribution in [0.15, 0.2) is 30.6 Å². The van der Waals surface area contributed by atoms with Crippen LogP contribution in [0.3, 0.4) is 0 Å². The van der Waals surface area contributed by atoms with Crippen molar-refractivity contribution in [2.45, 2.75) is 31.8 Å². The monoisotopic (exact) mass is 354 g/mol. The molecule has 0 aliphatic carbocycles. The average Bonchev–Trinajstić information content (AvgIpc) is 2.92. The molecule has 2 bridgehead atoms. The van der Waals surface area contributed by atoms with Gasteiger partial charge in [0.05, 0.1) is 6.61 Å². The summed E-state index contributed by atoms with van der Waals surface area (Å²) in [6.45, 7) is 3.79. The number of rotatable bonds is 4. The van der Waals surface area contributed by atoms with E-state index >= 15 is 0 Å². The summed E-state index contributed by atoms with van der Waals surface area (Å²) in [5.74, 6) is 1.27. The van der Waals surface area contributed by atoms with Crippen LogP contribution in [0.4, 0.5) is 17.6 Å². The van der Waals surface area contributed by atoms with Gasteiger partial charge in [-0.1, -0.05) is 6.07 Å². The maximum absolute atomic E-state index is 11.9. The summed E-state index contributed by atoms with van der Waals surface area (Å²) in [5.41, 5.74) is 6.21. The number of hydrogen-bond donors (Lipinski definition) is 1. The number of anilines is 3. The highest BCUT2D eigenvalue weighted by molar-refractivity contribution is 5.93. The van der Waals surface area contributed by atoms with E-state index in [2.05, 4.69) is 24.8 Å². The summed E-state index contributed by atoms with van der Waals surface area (Å²) in [6, 6.07) is 6.59. The Morgan fingerprint density at radius 1 is 1.27 bits per heavy atom. The van der Waals surface area contributed by atoms with E-state index in [0.717, 1.165) is 31.7 Å². The highest BCUT2D eigenvalue weighted by atomic mass is 16.5. The quantitative estimate of drug-likeness (QED) is 0.825. The molecule has 8 nitrogen and oxygen atoms in total. The fourth-order valence-corrected chi connectivity index (χ4v) is 3.83. The predicted octanol–water partition coefficient (Wildman–Crippen LogP) is 1.49. The zero-order chi connectivity index (χ0) is 18.1. The first kappa shape index (κ1) is 16.6. The van der Waals surface area contributed by atoms with Crippen LogP contribution in [-0.4, -0.2) is 52.7 Å². The van der Waals surface area contributed by atoms with Crippen LogP contribution in [0.5, 0.6) is 0 Å². The molecule has 2 fully saturated rings. The Bertz CT molecular complexity index is 786. The smallest absolute Gasteiger partial charge is 0.343 e. The first-order valence-electron chi connectivity index (χ1n) is 8.91. The van der Waals surface area contributed by atoms with Gasteiger partial charge in [-0.3, -0.25) is 0 Å². The maximum atomic E-state index is 11.9. The number of ether oxygens (including phenoxy) is 1. The average molecular weight is 354 g/mol. The minimum Gasteiger partial charge on any atom is -0.462 e. The Balaban J connectivity index is 1.55. The minimum absolute atomic E-state index is 0.167. The zero-order valence-electron chi connectivity index (χ0n) is 14.7. The first-order valence-corrected chi connectivity index (χ1v) is 8.91. The molecule has 136 valence electrons. The molecule has 2 atom stereocenters. The normalized spacial score (nSPS) is 21.7. The van der Waals surface area contributed by atoms with E-state index in [-0.39, 0.29) is 11.4 Å². The molecule has 4 rings (SSSR count). The Kier molecular flexibility index (Phi) is 4.32. The van der Waals surface area contributed by atoms with Crippen molar-refractivity contribution in [2.75, 3.05) is 35.2 Å². The summed E-state index contributed by atoms with van der Waals surface area (Å²) >= 11 is 0. The Labute approximate surface area is 152 Å². The topological polar surface area (TPSA) is 97.5 Å². The minimum atomic E-state index is -0.487. The van der Waals surface area contributed by atoms with Gasteiger partial charge in [0.25, 0.3) is 0 Å². The fourth-order valence-electron chi connectivity index (χ4n) is 3.83. The Morgan fingerprint density at radius 2 is 2.04 bits per heavy atom. The van der Waals surface area contributed by atoms with Gasteiger partial charge in [-0.15, -0.1) is 0 Å². The number of carbonyl (C=O) groups is 1. The molecular formula is C18H22N6O2. The lowest BCUT2D eigenvalue weighted by Gasteiger charge is -2.41. The van der Waals surface area contributed by atoms with E-state index in [1.54, 1.807) is 6.92 Å². The highest BCUT2D eigenvalue weighted by Gasteiger charge is 2.41. The van der Waals surface area contributed by atoms with E-state index in [1.807, 2.05) is 24.4 Å². The lowest BCUT2D eigenvalue weighted by Crippen LogP contribution is -2.54. The Hall–Kier alpha value is -2.90. The molecule has 26 heavy (non-hydrogen) atoms. The number of nitrogen functional groups attached to an aromatic ring is 1. The van der Waals surface area contributed by atoms with E-state index in [0.29, 0.717) is 24.6 Å². The van der Waals surface area contributed by atoms with Crippen molar-refractivity contribution in [2.24, 2.45) is 0 Å². The fraction of sp³-hybridized carbons (Fsp3) is 0.444. The molecule has 2 aliphatic heterocycles. The van der Waals surface area contributed by atoms with Gasteiger partial charge in [0.1, 0.15) is 17.2 Å². The molecular weight excluding hydrogens is 332 g/mol. The molecule has 0 radical (unpaired) electrons. The second-order valence-electron chi connectivity index (χ2n) is 6.57. The Morgan fingerprint density at radius 3 is 2.65 bits per heavy atom. The summed E-state index contributed by atoms with van der Waals surface area (Å²) in [6.07, 6.45) is 5.45. The third kappa shape index (κ3) is 2.91. The second kappa shape index (κ2) is 6.78. The molecule has 4 heterocycles. The van der Waals surface area contributed by atoms with E-state index in [1.165, 1.54) is 6.20 Å². The molecule has 0 aromatic carbocycles. The van der Waals surface area contributed by atoms with Gasteiger partial charge < -0.3 is 20.3 Å². The predicted molar refractivity (Wildman–Crippen MR) is 98.1 cm³/mol. The number of carbonyl (C=O) groups excluding carboxylic acids is 1. The third-order valence-corrected chi connectivity index (χ3v) is 4.99. The highest BCUT2D eigenvalue weighted by Crippen LogP contribution is 2.34. The van der Waals surface area contributed by atoms with Crippen molar-refractivity contribution in [3.05, 3.63) is 36.2 Å². The largest absolute Gasteiger partial charge is 0.462 e. The van der Waals surface area contributed by atoms with Crippen LogP contribution >= 0.6 is 0 Å². The summed E-state index contributed by atoms with van der Waals surface area (Å²) in [7, 11) is 0. The summed E-state index contributed by atoms with van der Waals surface area (Å²) in [5, 5.41) is 0. The number of hydrogen-bond acceptors (Lipinski definition) is 8. The number of pyridine rings is 1. The van der Waals surface area contributed by atoms with E-state index in [4.69, 9.17) is 10.5 Å². The molecule has 2 unspecified atom stereocenters. The van der Waals surface area contributed by atoms with E-state index < -0.39 is 5.97 Å². The zero-order valence-corrected chi connectivity index (χ0v) is 14.7.